The zero-order chi connectivity index (χ0) is 19.2. The lowest BCUT2D eigenvalue weighted by molar-refractivity contribution is 0.0935. The van der Waals surface area contributed by atoms with Crippen molar-refractivity contribution in [3.8, 4) is 5.75 Å². The van der Waals surface area contributed by atoms with E-state index < -0.39 is 0 Å². The lowest BCUT2D eigenvalue weighted by atomic mass is 10.0. The number of nitrogens with one attached hydrogen (secondary N) is 1. The summed E-state index contributed by atoms with van der Waals surface area (Å²) in [6, 6.07) is 15.2. The van der Waals surface area contributed by atoms with Crippen LogP contribution in [0.5, 0.6) is 5.75 Å². The molecule has 3 rings (SSSR count). The Kier molecular flexibility index (Phi) is 5.86. The first-order valence-electron chi connectivity index (χ1n) is 8.94. The van der Waals surface area contributed by atoms with Crippen LogP contribution in [0.2, 0.25) is 0 Å². The Bertz CT molecular complexity index is 886. The van der Waals surface area contributed by atoms with Gasteiger partial charge in [-0.05, 0) is 43.2 Å². The van der Waals surface area contributed by atoms with E-state index in [0.29, 0.717) is 23.0 Å². The lowest BCUT2D eigenvalue weighted by Gasteiger charge is -2.18. The Morgan fingerprint density at radius 2 is 1.81 bits per heavy atom. The van der Waals surface area contributed by atoms with Crippen molar-refractivity contribution in [2.24, 2.45) is 0 Å². The van der Waals surface area contributed by atoms with Crippen molar-refractivity contribution in [3.05, 3.63) is 76.9 Å². The quantitative estimate of drug-likeness (QED) is 0.681. The van der Waals surface area contributed by atoms with Gasteiger partial charge in [-0.2, -0.15) is 4.98 Å². The summed E-state index contributed by atoms with van der Waals surface area (Å²) >= 11 is 0. The molecular formula is C21H23N3O3. The van der Waals surface area contributed by atoms with E-state index in [2.05, 4.69) is 46.6 Å². The predicted octanol–water partition coefficient (Wildman–Crippen LogP) is 4.15. The summed E-state index contributed by atoms with van der Waals surface area (Å²) in [5, 5.41) is 6.86. The Hall–Kier alpha value is -3.15. The highest BCUT2D eigenvalue weighted by Gasteiger charge is 2.14. The number of hydrogen-bond acceptors (Lipinski definition) is 5. The smallest absolute Gasteiger partial charge is 0.251 e. The molecule has 1 amide bonds. The molecule has 1 heterocycles. The molecule has 1 atom stereocenters. The van der Waals surface area contributed by atoms with Gasteiger partial charge in [0.1, 0.15) is 5.75 Å². The first-order chi connectivity index (χ1) is 13.0. The molecule has 1 aromatic heterocycles. The zero-order valence-corrected chi connectivity index (χ0v) is 15.7. The van der Waals surface area contributed by atoms with E-state index >= 15 is 0 Å². The molecule has 0 spiro atoms. The van der Waals surface area contributed by atoms with Crippen LogP contribution in [-0.2, 0) is 6.61 Å². The third-order valence-electron chi connectivity index (χ3n) is 4.25. The molecular weight excluding hydrogens is 342 g/mol. The van der Waals surface area contributed by atoms with Crippen LogP contribution in [0.25, 0.3) is 0 Å². The molecule has 0 aliphatic heterocycles. The number of carbonyl (C=O) groups excluding carboxylic acids is 1. The van der Waals surface area contributed by atoms with Crippen molar-refractivity contribution in [1.29, 1.82) is 0 Å². The Balaban J connectivity index is 1.60. The van der Waals surface area contributed by atoms with Crippen molar-refractivity contribution >= 4 is 5.91 Å². The number of carbonyl (C=O) groups is 1. The average molecular weight is 365 g/mol. The highest BCUT2D eigenvalue weighted by molar-refractivity contribution is 5.94. The SMILES string of the molecule is CCC(NC(=O)c1ccc(OCc2noc(C)n2)cc1)c1ccc(C)cc1. The standard InChI is InChI=1S/C21H23N3O3/c1-4-19(16-7-5-14(2)6-8-16)23-21(25)17-9-11-18(12-10-17)26-13-20-22-15(3)27-24-20/h5-12,19H,4,13H2,1-3H3,(H,23,25). The normalized spacial score (nSPS) is 11.8. The summed E-state index contributed by atoms with van der Waals surface area (Å²) in [4.78, 5) is 16.6. The van der Waals surface area contributed by atoms with Crippen LogP contribution in [0.15, 0.2) is 53.1 Å². The molecule has 0 bridgehead atoms. The van der Waals surface area contributed by atoms with Gasteiger partial charge < -0.3 is 14.6 Å². The fourth-order valence-electron chi connectivity index (χ4n) is 2.71. The van der Waals surface area contributed by atoms with Crippen LogP contribution in [0.1, 0.15) is 52.6 Å². The van der Waals surface area contributed by atoms with Gasteiger partial charge >= 0.3 is 0 Å². The minimum Gasteiger partial charge on any atom is -0.485 e. The minimum absolute atomic E-state index is 0.0181. The van der Waals surface area contributed by atoms with E-state index in [-0.39, 0.29) is 18.6 Å². The maximum absolute atomic E-state index is 12.6. The molecule has 1 unspecified atom stereocenters. The molecule has 140 valence electrons. The van der Waals surface area contributed by atoms with E-state index in [9.17, 15) is 4.79 Å². The third-order valence-corrected chi connectivity index (χ3v) is 4.25. The van der Waals surface area contributed by atoms with E-state index in [0.717, 1.165) is 12.0 Å². The van der Waals surface area contributed by atoms with Crippen LogP contribution in [0, 0.1) is 13.8 Å². The zero-order valence-electron chi connectivity index (χ0n) is 15.7. The minimum atomic E-state index is -0.109. The maximum atomic E-state index is 12.6. The van der Waals surface area contributed by atoms with Crippen LogP contribution in [0.4, 0.5) is 0 Å². The topological polar surface area (TPSA) is 77.2 Å². The van der Waals surface area contributed by atoms with Crippen molar-refractivity contribution in [2.45, 2.75) is 39.8 Å². The monoisotopic (exact) mass is 365 g/mol. The number of aryl methyl sites for hydroxylation is 2. The van der Waals surface area contributed by atoms with Gasteiger partial charge in [0, 0.05) is 12.5 Å². The Labute approximate surface area is 158 Å². The Morgan fingerprint density at radius 1 is 1.11 bits per heavy atom. The van der Waals surface area contributed by atoms with Crippen LogP contribution in [0.3, 0.4) is 0 Å². The summed E-state index contributed by atoms with van der Waals surface area (Å²) in [6.07, 6.45) is 0.820. The lowest BCUT2D eigenvalue weighted by Crippen LogP contribution is -2.28. The highest BCUT2D eigenvalue weighted by atomic mass is 16.5. The maximum Gasteiger partial charge on any atom is 0.251 e. The van der Waals surface area contributed by atoms with Crippen LogP contribution < -0.4 is 10.1 Å². The molecule has 0 aliphatic carbocycles. The Morgan fingerprint density at radius 3 is 2.41 bits per heavy atom. The number of rotatable bonds is 7. The summed E-state index contributed by atoms with van der Waals surface area (Å²) < 4.78 is 10.5. The third kappa shape index (κ3) is 4.94. The first-order valence-corrected chi connectivity index (χ1v) is 8.94. The second kappa shape index (κ2) is 8.49. The molecule has 0 saturated carbocycles. The summed E-state index contributed by atoms with van der Waals surface area (Å²) in [5.41, 5.74) is 2.89. The number of ether oxygens (including phenoxy) is 1. The van der Waals surface area contributed by atoms with E-state index in [1.165, 1.54) is 5.56 Å². The van der Waals surface area contributed by atoms with Gasteiger partial charge in [-0.1, -0.05) is 41.9 Å². The van der Waals surface area contributed by atoms with Crippen LogP contribution in [-0.4, -0.2) is 16.0 Å². The molecule has 3 aromatic rings. The summed E-state index contributed by atoms with van der Waals surface area (Å²) in [7, 11) is 0. The van der Waals surface area contributed by atoms with Crippen LogP contribution >= 0.6 is 0 Å². The number of amides is 1. The van der Waals surface area contributed by atoms with Gasteiger partial charge in [0.15, 0.2) is 6.61 Å². The summed E-state index contributed by atoms with van der Waals surface area (Å²) in [6.45, 7) is 6.05. The molecule has 6 nitrogen and oxygen atoms in total. The second-order valence-electron chi connectivity index (χ2n) is 6.39. The molecule has 27 heavy (non-hydrogen) atoms. The van der Waals surface area contributed by atoms with Gasteiger partial charge in [0.05, 0.1) is 6.04 Å². The number of nitrogens with zero attached hydrogens (tertiary/aromatic N) is 2. The second-order valence-corrected chi connectivity index (χ2v) is 6.39. The fourth-order valence-corrected chi connectivity index (χ4v) is 2.71. The van der Waals surface area contributed by atoms with Crippen molar-refractivity contribution in [1.82, 2.24) is 15.5 Å². The molecule has 0 radical (unpaired) electrons. The highest BCUT2D eigenvalue weighted by Crippen LogP contribution is 2.19. The number of benzene rings is 2. The average Bonchev–Trinajstić information content (AvgIpc) is 3.11. The molecule has 0 aliphatic rings. The molecule has 0 fully saturated rings. The van der Waals surface area contributed by atoms with E-state index in [1.54, 1.807) is 31.2 Å². The molecule has 0 saturated heterocycles. The van der Waals surface area contributed by atoms with E-state index in [1.807, 2.05) is 6.92 Å². The van der Waals surface area contributed by atoms with Crippen molar-refractivity contribution in [3.63, 3.8) is 0 Å². The van der Waals surface area contributed by atoms with E-state index in [4.69, 9.17) is 9.26 Å². The first kappa shape index (κ1) is 18.6. The van der Waals surface area contributed by atoms with Gasteiger partial charge in [-0.25, -0.2) is 0 Å². The van der Waals surface area contributed by atoms with Gasteiger partial charge in [-0.3, -0.25) is 4.79 Å². The largest absolute Gasteiger partial charge is 0.485 e. The molecule has 2 aromatic carbocycles. The number of hydrogen-bond donors (Lipinski definition) is 1. The van der Waals surface area contributed by atoms with Gasteiger partial charge in [0.25, 0.3) is 5.91 Å². The molecule has 1 N–H and O–H groups in total. The number of aromatic nitrogens is 2. The molecule has 6 heteroatoms. The van der Waals surface area contributed by atoms with Crippen molar-refractivity contribution in [2.75, 3.05) is 0 Å². The van der Waals surface area contributed by atoms with Crippen molar-refractivity contribution < 1.29 is 14.1 Å². The summed E-state index contributed by atoms with van der Waals surface area (Å²) in [5.74, 6) is 1.51. The van der Waals surface area contributed by atoms with Gasteiger partial charge in [-0.15, -0.1) is 0 Å². The fraction of sp³-hybridized carbons (Fsp3) is 0.286. The van der Waals surface area contributed by atoms with Gasteiger partial charge in [0.2, 0.25) is 11.7 Å². The predicted molar refractivity (Wildman–Crippen MR) is 101 cm³/mol.